The number of amides is 1. The fraction of sp³-hybridized carbons (Fsp3) is 0.316. The van der Waals surface area contributed by atoms with Gasteiger partial charge in [0.15, 0.2) is 0 Å². The Morgan fingerprint density at radius 1 is 1.10 bits per heavy atom. The fourth-order valence-electron chi connectivity index (χ4n) is 3.06. The van der Waals surface area contributed by atoms with Gasteiger partial charge in [0, 0.05) is 19.5 Å². The molecule has 21 heavy (non-hydrogen) atoms. The van der Waals surface area contributed by atoms with Gasteiger partial charge in [0.2, 0.25) is 5.91 Å². The SMILES string of the molecule is Cc1cccc(C2CCN(Cc3ccccc3)C(=O)C2)c1. The molecule has 2 aromatic carbocycles. The Hall–Kier alpha value is -2.09. The zero-order valence-electron chi connectivity index (χ0n) is 12.5. The zero-order chi connectivity index (χ0) is 14.7. The third kappa shape index (κ3) is 3.33. The Morgan fingerprint density at radius 2 is 1.90 bits per heavy atom. The van der Waals surface area contributed by atoms with E-state index in [1.165, 1.54) is 16.7 Å². The van der Waals surface area contributed by atoms with E-state index in [1.54, 1.807) is 0 Å². The van der Waals surface area contributed by atoms with Crippen molar-refractivity contribution in [1.82, 2.24) is 4.90 Å². The number of likely N-dealkylation sites (tertiary alicyclic amines) is 1. The maximum atomic E-state index is 12.4. The molecule has 2 heteroatoms. The third-order valence-corrected chi connectivity index (χ3v) is 4.25. The van der Waals surface area contributed by atoms with Gasteiger partial charge in [-0.25, -0.2) is 0 Å². The fourth-order valence-corrected chi connectivity index (χ4v) is 3.06. The number of benzene rings is 2. The van der Waals surface area contributed by atoms with Crippen molar-refractivity contribution in [3.8, 4) is 0 Å². The van der Waals surface area contributed by atoms with E-state index in [0.29, 0.717) is 12.3 Å². The van der Waals surface area contributed by atoms with Gasteiger partial charge in [-0.2, -0.15) is 0 Å². The predicted octanol–water partition coefficient (Wildman–Crippen LogP) is 3.90. The maximum Gasteiger partial charge on any atom is 0.223 e. The summed E-state index contributed by atoms with van der Waals surface area (Å²) < 4.78 is 0. The van der Waals surface area contributed by atoms with Gasteiger partial charge in [-0.15, -0.1) is 0 Å². The van der Waals surface area contributed by atoms with Crippen LogP contribution < -0.4 is 0 Å². The molecule has 1 saturated heterocycles. The predicted molar refractivity (Wildman–Crippen MR) is 85.0 cm³/mol. The molecule has 108 valence electrons. The second-order valence-electron chi connectivity index (χ2n) is 5.90. The first-order chi connectivity index (χ1) is 10.2. The normalized spacial score (nSPS) is 18.8. The van der Waals surface area contributed by atoms with Crippen LogP contribution in [0.4, 0.5) is 0 Å². The first-order valence-corrected chi connectivity index (χ1v) is 7.60. The number of carbonyl (C=O) groups is 1. The van der Waals surface area contributed by atoms with Crippen molar-refractivity contribution in [2.45, 2.75) is 32.2 Å². The second-order valence-corrected chi connectivity index (χ2v) is 5.90. The van der Waals surface area contributed by atoms with Crippen LogP contribution >= 0.6 is 0 Å². The topological polar surface area (TPSA) is 20.3 Å². The molecular formula is C19H21NO. The van der Waals surface area contributed by atoms with Gasteiger partial charge < -0.3 is 4.90 Å². The van der Waals surface area contributed by atoms with Gasteiger partial charge >= 0.3 is 0 Å². The van der Waals surface area contributed by atoms with Crippen molar-refractivity contribution in [3.63, 3.8) is 0 Å². The smallest absolute Gasteiger partial charge is 0.223 e. The molecular weight excluding hydrogens is 258 g/mol. The molecule has 1 aliphatic rings. The molecule has 1 atom stereocenters. The maximum absolute atomic E-state index is 12.4. The van der Waals surface area contributed by atoms with Gasteiger partial charge in [0.05, 0.1) is 0 Å². The van der Waals surface area contributed by atoms with Crippen molar-refractivity contribution in [1.29, 1.82) is 0 Å². The van der Waals surface area contributed by atoms with Crippen molar-refractivity contribution in [2.75, 3.05) is 6.54 Å². The van der Waals surface area contributed by atoms with Gasteiger partial charge in [0.1, 0.15) is 0 Å². The minimum absolute atomic E-state index is 0.275. The van der Waals surface area contributed by atoms with Crippen LogP contribution in [0, 0.1) is 6.92 Å². The van der Waals surface area contributed by atoms with E-state index in [-0.39, 0.29) is 5.91 Å². The number of hydrogen-bond donors (Lipinski definition) is 0. The lowest BCUT2D eigenvalue weighted by molar-refractivity contribution is -0.134. The van der Waals surface area contributed by atoms with Gasteiger partial charge in [-0.3, -0.25) is 4.79 Å². The summed E-state index contributed by atoms with van der Waals surface area (Å²) in [7, 11) is 0. The molecule has 1 fully saturated rings. The van der Waals surface area contributed by atoms with Crippen molar-refractivity contribution < 1.29 is 4.79 Å². The molecule has 3 rings (SSSR count). The highest BCUT2D eigenvalue weighted by atomic mass is 16.2. The molecule has 0 N–H and O–H groups in total. The van der Waals surface area contributed by atoms with Crippen LogP contribution in [0.2, 0.25) is 0 Å². The number of piperidine rings is 1. The lowest BCUT2D eigenvalue weighted by Crippen LogP contribution is -2.37. The highest BCUT2D eigenvalue weighted by Crippen LogP contribution is 2.29. The first kappa shape index (κ1) is 13.9. The number of nitrogens with zero attached hydrogens (tertiary/aromatic N) is 1. The Labute approximate surface area is 126 Å². The summed E-state index contributed by atoms with van der Waals surface area (Å²) in [6.45, 7) is 3.70. The average molecular weight is 279 g/mol. The Bertz CT molecular complexity index is 620. The van der Waals surface area contributed by atoms with E-state index in [9.17, 15) is 4.79 Å². The van der Waals surface area contributed by atoms with E-state index >= 15 is 0 Å². The highest BCUT2D eigenvalue weighted by molar-refractivity contribution is 5.78. The van der Waals surface area contributed by atoms with Gasteiger partial charge in [0.25, 0.3) is 0 Å². The molecule has 1 aliphatic heterocycles. The number of carbonyl (C=O) groups excluding carboxylic acids is 1. The van der Waals surface area contributed by atoms with E-state index in [0.717, 1.165) is 19.5 Å². The van der Waals surface area contributed by atoms with E-state index < -0.39 is 0 Å². The number of hydrogen-bond acceptors (Lipinski definition) is 1. The minimum atomic E-state index is 0.275. The van der Waals surface area contributed by atoms with Crippen LogP contribution in [-0.4, -0.2) is 17.4 Å². The average Bonchev–Trinajstić information content (AvgIpc) is 2.50. The van der Waals surface area contributed by atoms with Crippen molar-refractivity contribution in [3.05, 3.63) is 71.3 Å². The molecule has 0 saturated carbocycles. The summed E-state index contributed by atoms with van der Waals surface area (Å²) in [5.41, 5.74) is 3.79. The Kier molecular flexibility index (Phi) is 4.05. The van der Waals surface area contributed by atoms with Crippen LogP contribution in [0.15, 0.2) is 54.6 Å². The lowest BCUT2D eigenvalue weighted by atomic mass is 9.88. The van der Waals surface area contributed by atoms with Crippen LogP contribution in [0.25, 0.3) is 0 Å². The summed E-state index contributed by atoms with van der Waals surface area (Å²) >= 11 is 0. The lowest BCUT2D eigenvalue weighted by Gasteiger charge is -2.32. The van der Waals surface area contributed by atoms with Gasteiger partial charge in [-0.05, 0) is 30.4 Å². The molecule has 1 amide bonds. The third-order valence-electron chi connectivity index (χ3n) is 4.25. The van der Waals surface area contributed by atoms with E-state index in [4.69, 9.17) is 0 Å². The quantitative estimate of drug-likeness (QED) is 0.834. The number of aryl methyl sites for hydroxylation is 1. The van der Waals surface area contributed by atoms with Crippen molar-refractivity contribution >= 4 is 5.91 Å². The minimum Gasteiger partial charge on any atom is -0.338 e. The van der Waals surface area contributed by atoms with E-state index in [1.807, 2.05) is 23.1 Å². The van der Waals surface area contributed by atoms with Crippen LogP contribution in [0.3, 0.4) is 0 Å². The molecule has 0 radical (unpaired) electrons. The summed E-state index contributed by atoms with van der Waals surface area (Å²) in [5.74, 6) is 0.654. The molecule has 1 unspecified atom stereocenters. The molecule has 1 heterocycles. The highest BCUT2D eigenvalue weighted by Gasteiger charge is 2.26. The molecule has 2 aromatic rings. The summed E-state index contributed by atoms with van der Waals surface area (Å²) in [5, 5.41) is 0. The van der Waals surface area contributed by atoms with Crippen molar-refractivity contribution in [2.24, 2.45) is 0 Å². The van der Waals surface area contributed by atoms with E-state index in [2.05, 4.69) is 43.3 Å². The largest absolute Gasteiger partial charge is 0.338 e. The number of rotatable bonds is 3. The zero-order valence-corrected chi connectivity index (χ0v) is 12.5. The second kappa shape index (κ2) is 6.13. The molecule has 0 spiro atoms. The van der Waals surface area contributed by atoms with Crippen LogP contribution in [-0.2, 0) is 11.3 Å². The van der Waals surface area contributed by atoms with Crippen LogP contribution in [0.5, 0.6) is 0 Å². The summed E-state index contributed by atoms with van der Waals surface area (Å²) in [6, 6.07) is 18.8. The van der Waals surface area contributed by atoms with Gasteiger partial charge in [-0.1, -0.05) is 60.2 Å². The summed E-state index contributed by atoms with van der Waals surface area (Å²) in [6.07, 6.45) is 1.69. The summed E-state index contributed by atoms with van der Waals surface area (Å²) in [4.78, 5) is 14.4. The molecule has 2 nitrogen and oxygen atoms in total. The molecule has 0 bridgehead atoms. The molecule has 0 aliphatic carbocycles. The van der Waals surface area contributed by atoms with Crippen LogP contribution in [0.1, 0.15) is 35.4 Å². The Morgan fingerprint density at radius 3 is 2.62 bits per heavy atom. The monoisotopic (exact) mass is 279 g/mol. The Balaban J connectivity index is 1.66. The molecule has 0 aromatic heterocycles. The standard InChI is InChI=1S/C19H21NO/c1-15-6-5-9-17(12-15)18-10-11-20(19(21)13-18)14-16-7-3-2-4-8-16/h2-9,12,18H,10-11,13-14H2,1H3. The first-order valence-electron chi connectivity index (χ1n) is 7.60.